The molecule has 8 nitrogen and oxygen atoms in total. The van der Waals surface area contributed by atoms with Crippen molar-refractivity contribution in [2.24, 2.45) is 0 Å². The van der Waals surface area contributed by atoms with E-state index in [0.29, 0.717) is 32.4 Å². The van der Waals surface area contributed by atoms with E-state index in [1.807, 2.05) is 6.07 Å². The van der Waals surface area contributed by atoms with E-state index in [1.165, 1.54) is 23.9 Å². The molecular formula is C24H15ClFN5O3S. The Labute approximate surface area is 206 Å². The first kappa shape index (κ1) is 22.7. The lowest BCUT2D eigenvalue weighted by atomic mass is 10.1. The van der Waals surface area contributed by atoms with Crippen molar-refractivity contribution in [1.82, 2.24) is 19.1 Å². The molecule has 5 aromatic rings. The lowest BCUT2D eigenvalue weighted by molar-refractivity contribution is 0.387. The second-order valence-electron chi connectivity index (χ2n) is 7.53. The molecule has 0 saturated carbocycles. The van der Waals surface area contributed by atoms with Gasteiger partial charge in [0.2, 0.25) is 0 Å². The predicted octanol–water partition coefficient (Wildman–Crippen LogP) is 4.54. The second-order valence-corrected chi connectivity index (χ2v) is 8.99. The number of ether oxygens (including phenoxy) is 1. The molecule has 0 radical (unpaired) electrons. The summed E-state index contributed by atoms with van der Waals surface area (Å²) in [5.74, 6) is -0.620. The number of aryl methyl sites for hydroxylation is 1. The summed E-state index contributed by atoms with van der Waals surface area (Å²) in [4.78, 5) is 36.0. The first-order valence-corrected chi connectivity index (χ1v) is 11.5. The smallest absolute Gasteiger partial charge is 0.336 e. The Morgan fingerprint density at radius 1 is 1.20 bits per heavy atom. The summed E-state index contributed by atoms with van der Waals surface area (Å²) < 4.78 is 21.9. The number of thiophene rings is 1. The second kappa shape index (κ2) is 8.94. The molecule has 5 rings (SSSR count). The number of benzene rings is 1. The van der Waals surface area contributed by atoms with Gasteiger partial charge in [-0.2, -0.15) is 5.26 Å². The number of pyridine rings is 2. The van der Waals surface area contributed by atoms with E-state index in [2.05, 4.69) is 9.97 Å². The van der Waals surface area contributed by atoms with Crippen molar-refractivity contribution in [2.45, 2.75) is 13.0 Å². The Bertz CT molecular complexity index is 1780. The van der Waals surface area contributed by atoms with Gasteiger partial charge in [0.05, 0.1) is 42.0 Å². The molecule has 0 N–H and O–H groups in total. The number of nitrogens with zero attached hydrogens (tertiary/aromatic N) is 5. The van der Waals surface area contributed by atoms with Crippen LogP contribution in [0.2, 0.25) is 5.02 Å². The number of methoxy groups -OCH3 is 1. The minimum atomic E-state index is -0.617. The zero-order valence-corrected chi connectivity index (χ0v) is 19.7. The van der Waals surface area contributed by atoms with Crippen LogP contribution in [0.4, 0.5) is 4.39 Å². The van der Waals surface area contributed by atoms with Crippen LogP contribution in [0.15, 0.2) is 58.6 Å². The third-order valence-electron chi connectivity index (χ3n) is 5.56. The van der Waals surface area contributed by atoms with Crippen molar-refractivity contribution in [3.63, 3.8) is 0 Å². The number of nitriles is 1. The lowest BCUT2D eigenvalue weighted by Gasteiger charge is -2.12. The molecule has 0 amide bonds. The van der Waals surface area contributed by atoms with Crippen LogP contribution in [-0.4, -0.2) is 26.2 Å². The molecule has 0 aliphatic rings. The van der Waals surface area contributed by atoms with E-state index >= 15 is 0 Å². The van der Waals surface area contributed by atoms with Crippen molar-refractivity contribution in [2.75, 3.05) is 7.11 Å². The molecule has 0 unspecified atom stereocenters. The van der Waals surface area contributed by atoms with Gasteiger partial charge in [0.1, 0.15) is 4.70 Å². The minimum Gasteiger partial charge on any atom is -0.494 e. The maximum absolute atomic E-state index is 14.1. The Kier molecular flexibility index (Phi) is 5.80. The van der Waals surface area contributed by atoms with Crippen molar-refractivity contribution in [1.29, 1.82) is 5.26 Å². The molecule has 0 aliphatic heterocycles. The topological polar surface area (TPSA) is 103 Å². The van der Waals surface area contributed by atoms with E-state index in [9.17, 15) is 14.0 Å². The fourth-order valence-corrected chi connectivity index (χ4v) is 5.35. The van der Waals surface area contributed by atoms with E-state index in [0.717, 1.165) is 22.0 Å². The SMILES string of the molecule is COc1cc(-c2cc3c(s2)c(=O)n(-c2cncc4cnccc24)c(=O)n3CCC#N)c(Cl)cc1F. The van der Waals surface area contributed by atoms with Gasteiger partial charge >= 0.3 is 5.69 Å². The fourth-order valence-electron chi connectivity index (χ4n) is 3.92. The van der Waals surface area contributed by atoms with Crippen LogP contribution in [0.1, 0.15) is 6.42 Å². The standard InChI is InChI=1S/C24H15ClFN5O3S/c1-34-20-7-15(16(25)8-17(20)26)21-9-18-22(35-21)23(32)31(24(33)30(18)6-2-4-27)19-12-29-11-13-10-28-5-3-14(13)19/h3,5,7-12H,2,6H2,1H3. The maximum Gasteiger partial charge on any atom is 0.336 e. The van der Waals surface area contributed by atoms with Crippen LogP contribution in [-0.2, 0) is 6.54 Å². The molecule has 35 heavy (non-hydrogen) atoms. The number of fused-ring (bicyclic) bond motifs is 2. The average Bonchev–Trinajstić information content (AvgIpc) is 3.29. The van der Waals surface area contributed by atoms with Crippen LogP contribution < -0.4 is 16.0 Å². The molecule has 0 atom stereocenters. The van der Waals surface area contributed by atoms with Gasteiger partial charge in [-0.15, -0.1) is 11.3 Å². The summed E-state index contributed by atoms with van der Waals surface area (Å²) in [6, 6.07) is 7.97. The minimum absolute atomic E-state index is 0.00317. The van der Waals surface area contributed by atoms with Gasteiger partial charge in [-0.1, -0.05) is 11.6 Å². The third-order valence-corrected chi connectivity index (χ3v) is 7.01. The summed E-state index contributed by atoms with van der Waals surface area (Å²) in [6.07, 6.45) is 6.26. The molecule has 11 heteroatoms. The van der Waals surface area contributed by atoms with Gasteiger partial charge in [0.25, 0.3) is 5.56 Å². The highest BCUT2D eigenvalue weighted by Gasteiger charge is 2.21. The third kappa shape index (κ3) is 3.75. The molecule has 1 aromatic carbocycles. The largest absolute Gasteiger partial charge is 0.494 e. The van der Waals surface area contributed by atoms with Gasteiger partial charge in [0, 0.05) is 46.3 Å². The van der Waals surface area contributed by atoms with Crippen molar-refractivity contribution in [3.05, 3.63) is 80.7 Å². The van der Waals surface area contributed by atoms with Crippen LogP contribution >= 0.6 is 22.9 Å². The van der Waals surface area contributed by atoms with Crippen molar-refractivity contribution in [3.8, 4) is 27.9 Å². The Balaban J connectivity index is 1.85. The van der Waals surface area contributed by atoms with Crippen LogP contribution in [0.3, 0.4) is 0 Å². The van der Waals surface area contributed by atoms with E-state index in [-0.39, 0.29) is 28.4 Å². The van der Waals surface area contributed by atoms with Gasteiger partial charge in [-0.05, 0) is 24.3 Å². The van der Waals surface area contributed by atoms with E-state index in [1.54, 1.807) is 30.7 Å². The lowest BCUT2D eigenvalue weighted by Crippen LogP contribution is -2.38. The van der Waals surface area contributed by atoms with Crippen LogP contribution in [0, 0.1) is 17.1 Å². The summed E-state index contributed by atoms with van der Waals surface area (Å²) in [6.45, 7) is 0.0719. The summed E-state index contributed by atoms with van der Waals surface area (Å²) in [5, 5.41) is 10.6. The van der Waals surface area contributed by atoms with Crippen LogP contribution in [0.5, 0.6) is 5.75 Å². The van der Waals surface area contributed by atoms with Crippen molar-refractivity contribution < 1.29 is 9.13 Å². The van der Waals surface area contributed by atoms with Crippen molar-refractivity contribution >= 4 is 43.9 Å². The first-order chi connectivity index (χ1) is 16.9. The summed E-state index contributed by atoms with van der Waals surface area (Å²) in [7, 11) is 1.34. The molecule has 0 saturated heterocycles. The van der Waals surface area contributed by atoms with Gasteiger partial charge in [-0.25, -0.2) is 13.8 Å². The Hall–Kier alpha value is -4.07. The highest BCUT2D eigenvalue weighted by atomic mass is 35.5. The zero-order chi connectivity index (χ0) is 24.7. The van der Waals surface area contributed by atoms with E-state index < -0.39 is 17.1 Å². The van der Waals surface area contributed by atoms with Gasteiger partial charge in [-0.3, -0.25) is 19.3 Å². The van der Waals surface area contributed by atoms with Gasteiger partial charge < -0.3 is 4.74 Å². The number of halogens is 2. The van der Waals surface area contributed by atoms with Crippen LogP contribution in [0.25, 0.3) is 37.1 Å². The first-order valence-electron chi connectivity index (χ1n) is 10.3. The number of rotatable bonds is 5. The highest BCUT2D eigenvalue weighted by molar-refractivity contribution is 7.22. The molecule has 0 fully saturated rings. The number of hydrogen-bond donors (Lipinski definition) is 0. The molecule has 4 heterocycles. The fraction of sp³-hybridized carbons (Fsp3) is 0.125. The number of aromatic nitrogens is 4. The zero-order valence-electron chi connectivity index (χ0n) is 18.2. The van der Waals surface area contributed by atoms with E-state index in [4.69, 9.17) is 21.6 Å². The quantitative estimate of drug-likeness (QED) is 0.346. The molecule has 0 aliphatic carbocycles. The molecule has 4 aromatic heterocycles. The summed E-state index contributed by atoms with van der Waals surface area (Å²) >= 11 is 7.43. The predicted molar refractivity (Wildman–Crippen MR) is 132 cm³/mol. The van der Waals surface area contributed by atoms with Gasteiger partial charge in [0.15, 0.2) is 11.6 Å². The molecule has 174 valence electrons. The molecule has 0 spiro atoms. The molecular weight excluding hydrogens is 493 g/mol. The Morgan fingerprint density at radius 3 is 2.77 bits per heavy atom. The highest BCUT2D eigenvalue weighted by Crippen LogP contribution is 2.39. The monoisotopic (exact) mass is 507 g/mol. The molecule has 0 bridgehead atoms. The summed E-state index contributed by atoms with van der Waals surface area (Å²) in [5.41, 5.74) is -0.0133. The normalized spacial score (nSPS) is 11.1. The Morgan fingerprint density at radius 2 is 2.00 bits per heavy atom. The average molecular weight is 508 g/mol. The number of hydrogen-bond acceptors (Lipinski definition) is 7. The maximum atomic E-state index is 14.1.